The van der Waals surface area contributed by atoms with Crippen molar-refractivity contribution in [3.8, 4) is 26.8 Å². The zero-order chi connectivity index (χ0) is 17.4. The van der Waals surface area contributed by atoms with Crippen molar-refractivity contribution in [3.63, 3.8) is 0 Å². The largest absolute Gasteiger partial charge is 0.499 e. The second-order valence-corrected chi connectivity index (χ2v) is 7.07. The summed E-state index contributed by atoms with van der Waals surface area (Å²) in [4.78, 5) is 16.9. The quantitative estimate of drug-likeness (QED) is 0.732. The third kappa shape index (κ3) is 2.85. The number of aryl methyl sites for hydroxylation is 4. The fourth-order valence-electron chi connectivity index (χ4n) is 3.12. The topological polar surface area (TPSA) is 50.2 Å². The molecule has 0 saturated heterocycles. The molecule has 122 valence electrons. The summed E-state index contributed by atoms with van der Waals surface area (Å²) < 4.78 is 0. The Morgan fingerprint density at radius 1 is 0.917 bits per heavy atom. The van der Waals surface area contributed by atoms with Crippen molar-refractivity contribution >= 4 is 11.3 Å². The van der Waals surface area contributed by atoms with E-state index in [9.17, 15) is 9.90 Å². The molecule has 0 radical (unpaired) electrons. The first-order chi connectivity index (χ1) is 11.4. The Morgan fingerprint density at radius 2 is 1.54 bits per heavy atom. The van der Waals surface area contributed by atoms with Crippen molar-refractivity contribution in [2.24, 2.45) is 0 Å². The van der Waals surface area contributed by atoms with Crippen LogP contribution in [-0.2, 0) is 0 Å². The van der Waals surface area contributed by atoms with Gasteiger partial charge in [-0.25, -0.2) is 0 Å². The predicted octanol–water partition coefficient (Wildman–Crippen LogP) is 4.78. The molecule has 0 spiro atoms. The Hall–Kier alpha value is -2.46. The molecule has 0 bridgehead atoms. The molecule has 4 heteroatoms. The van der Waals surface area contributed by atoms with Gasteiger partial charge in [0.25, 0.3) is 5.56 Å². The van der Waals surface area contributed by atoms with Gasteiger partial charge in [-0.05, 0) is 49.9 Å². The summed E-state index contributed by atoms with van der Waals surface area (Å²) in [6.07, 6.45) is 0. The Morgan fingerprint density at radius 3 is 2.12 bits per heavy atom. The average molecular weight is 337 g/mol. The molecule has 0 unspecified atom stereocenters. The standard InChI is InChI=1S/C20H19NO2S/c1-11-9-13(3)16(14(4)10-11)17-18(22)21-19(24-20(17)23)15-8-6-5-7-12(15)2/h5-10,23H,1-4H3. The van der Waals surface area contributed by atoms with E-state index < -0.39 is 0 Å². The number of aromatic hydroxyl groups is 1. The summed E-state index contributed by atoms with van der Waals surface area (Å²) in [7, 11) is 0. The number of rotatable bonds is 2. The highest BCUT2D eigenvalue weighted by atomic mass is 32.1. The lowest BCUT2D eigenvalue weighted by atomic mass is 9.95. The van der Waals surface area contributed by atoms with Crippen molar-refractivity contribution in [3.05, 3.63) is 69.0 Å². The van der Waals surface area contributed by atoms with Crippen molar-refractivity contribution < 1.29 is 5.11 Å². The Kier molecular flexibility index (Phi) is 4.24. The van der Waals surface area contributed by atoms with Crippen LogP contribution in [0.1, 0.15) is 22.3 Å². The summed E-state index contributed by atoms with van der Waals surface area (Å²) in [6, 6.07) is 11.8. The minimum atomic E-state index is -0.389. The number of hydrogen-bond donors (Lipinski definition) is 1. The van der Waals surface area contributed by atoms with Crippen LogP contribution in [0.15, 0.2) is 41.2 Å². The third-order valence-electron chi connectivity index (χ3n) is 4.13. The summed E-state index contributed by atoms with van der Waals surface area (Å²) in [5.41, 5.74) is 5.66. The zero-order valence-electron chi connectivity index (χ0n) is 14.2. The fourth-order valence-corrected chi connectivity index (χ4v) is 4.06. The van der Waals surface area contributed by atoms with Crippen LogP contribution in [0.3, 0.4) is 0 Å². The van der Waals surface area contributed by atoms with E-state index in [0.717, 1.165) is 44.7 Å². The maximum absolute atomic E-state index is 12.7. The molecule has 0 fully saturated rings. The highest BCUT2D eigenvalue weighted by Gasteiger charge is 2.18. The van der Waals surface area contributed by atoms with Gasteiger partial charge in [-0.2, -0.15) is 4.98 Å². The fraction of sp³-hybridized carbons (Fsp3) is 0.200. The molecular formula is C20H19NO2S. The van der Waals surface area contributed by atoms with Crippen LogP contribution in [0.2, 0.25) is 0 Å². The second kappa shape index (κ2) is 6.21. The molecule has 3 nitrogen and oxygen atoms in total. The van der Waals surface area contributed by atoms with Gasteiger partial charge in [-0.1, -0.05) is 53.3 Å². The van der Waals surface area contributed by atoms with Crippen LogP contribution in [0.25, 0.3) is 21.7 Å². The normalized spacial score (nSPS) is 10.8. The lowest BCUT2D eigenvalue weighted by molar-refractivity contribution is 0.491. The molecule has 1 N–H and O–H groups in total. The van der Waals surface area contributed by atoms with E-state index in [1.165, 1.54) is 0 Å². The van der Waals surface area contributed by atoms with E-state index in [0.29, 0.717) is 10.6 Å². The molecule has 1 heterocycles. The summed E-state index contributed by atoms with van der Waals surface area (Å²) in [6.45, 7) is 7.89. The van der Waals surface area contributed by atoms with Gasteiger partial charge in [-0.3, -0.25) is 4.79 Å². The molecule has 24 heavy (non-hydrogen) atoms. The smallest absolute Gasteiger partial charge is 0.283 e. The average Bonchev–Trinajstić information content (AvgIpc) is 2.49. The molecular weight excluding hydrogens is 318 g/mol. The molecule has 3 rings (SSSR count). The van der Waals surface area contributed by atoms with Crippen molar-refractivity contribution in [2.75, 3.05) is 0 Å². The van der Waals surface area contributed by atoms with Crippen LogP contribution in [0.5, 0.6) is 5.06 Å². The zero-order valence-corrected chi connectivity index (χ0v) is 15.0. The molecule has 0 atom stereocenters. The van der Waals surface area contributed by atoms with Crippen LogP contribution in [0.4, 0.5) is 0 Å². The summed E-state index contributed by atoms with van der Waals surface area (Å²) in [5, 5.41) is 11.1. The van der Waals surface area contributed by atoms with E-state index in [2.05, 4.69) is 4.98 Å². The molecule has 2 aromatic carbocycles. The molecule has 0 aliphatic heterocycles. The van der Waals surface area contributed by atoms with Gasteiger partial charge in [0.2, 0.25) is 0 Å². The van der Waals surface area contributed by atoms with Crippen LogP contribution in [-0.4, -0.2) is 10.1 Å². The van der Waals surface area contributed by atoms with Gasteiger partial charge in [0.15, 0.2) is 5.06 Å². The van der Waals surface area contributed by atoms with E-state index in [1.54, 1.807) is 0 Å². The maximum atomic E-state index is 12.7. The van der Waals surface area contributed by atoms with Gasteiger partial charge in [0.1, 0.15) is 10.6 Å². The monoisotopic (exact) mass is 337 g/mol. The maximum Gasteiger partial charge on any atom is 0.283 e. The third-order valence-corrected chi connectivity index (χ3v) is 5.03. The molecule has 0 amide bonds. The number of nitrogens with zero attached hydrogens (tertiary/aromatic N) is 1. The SMILES string of the molecule is Cc1cc(C)c(-c2c(O)sc(-c3ccccc3C)nc2=O)c(C)c1. The molecule has 0 aliphatic carbocycles. The first-order valence-electron chi connectivity index (χ1n) is 7.77. The summed E-state index contributed by atoms with van der Waals surface area (Å²) in [5.74, 6) is 0. The minimum Gasteiger partial charge on any atom is -0.499 e. The van der Waals surface area contributed by atoms with E-state index in [-0.39, 0.29) is 10.6 Å². The van der Waals surface area contributed by atoms with Gasteiger partial charge in [0.05, 0.1) is 0 Å². The first-order valence-corrected chi connectivity index (χ1v) is 8.58. The second-order valence-electron chi connectivity index (χ2n) is 6.09. The van der Waals surface area contributed by atoms with Gasteiger partial charge >= 0.3 is 0 Å². The minimum absolute atomic E-state index is 0.0170. The van der Waals surface area contributed by atoms with Crippen LogP contribution >= 0.6 is 11.3 Å². The molecule has 3 aromatic rings. The van der Waals surface area contributed by atoms with Crippen LogP contribution in [0, 0.1) is 27.7 Å². The highest BCUT2D eigenvalue weighted by molar-refractivity contribution is 7.16. The Labute approximate surface area is 145 Å². The van der Waals surface area contributed by atoms with E-state index in [4.69, 9.17) is 0 Å². The van der Waals surface area contributed by atoms with Crippen molar-refractivity contribution in [2.45, 2.75) is 27.7 Å². The van der Waals surface area contributed by atoms with Crippen molar-refractivity contribution in [1.29, 1.82) is 0 Å². The highest BCUT2D eigenvalue weighted by Crippen LogP contribution is 2.37. The molecule has 0 aliphatic rings. The first kappa shape index (κ1) is 16.4. The lowest BCUT2D eigenvalue weighted by Gasteiger charge is -2.12. The van der Waals surface area contributed by atoms with Crippen LogP contribution < -0.4 is 5.56 Å². The molecule has 1 aromatic heterocycles. The van der Waals surface area contributed by atoms with E-state index >= 15 is 0 Å². The Bertz CT molecular complexity index is 966. The number of hydrogen-bond acceptors (Lipinski definition) is 4. The summed E-state index contributed by atoms with van der Waals surface area (Å²) >= 11 is 1.15. The number of benzene rings is 2. The number of aromatic nitrogens is 1. The van der Waals surface area contributed by atoms with Gasteiger partial charge < -0.3 is 5.11 Å². The van der Waals surface area contributed by atoms with E-state index in [1.807, 2.05) is 64.1 Å². The van der Waals surface area contributed by atoms with Crippen molar-refractivity contribution in [1.82, 2.24) is 4.98 Å². The predicted molar refractivity (Wildman–Crippen MR) is 99.9 cm³/mol. The lowest BCUT2D eigenvalue weighted by Crippen LogP contribution is -2.11. The Balaban J connectivity index is 2.24. The van der Waals surface area contributed by atoms with Gasteiger partial charge in [0, 0.05) is 5.56 Å². The van der Waals surface area contributed by atoms with Gasteiger partial charge in [-0.15, -0.1) is 0 Å². The molecule has 0 saturated carbocycles.